The molecule has 0 aliphatic carbocycles. The van der Waals surface area contributed by atoms with Crippen molar-refractivity contribution in [3.63, 3.8) is 0 Å². The first kappa shape index (κ1) is 17.4. The fourth-order valence-corrected chi connectivity index (χ4v) is 2.25. The van der Waals surface area contributed by atoms with Gasteiger partial charge in [-0.15, -0.1) is 0 Å². The molecule has 4 heteroatoms. The Morgan fingerprint density at radius 3 is 2.14 bits per heavy atom. The van der Waals surface area contributed by atoms with Gasteiger partial charge in [-0.05, 0) is 25.3 Å². The maximum absolute atomic E-state index is 12.8. The van der Waals surface area contributed by atoms with Crippen LogP contribution in [0.5, 0.6) is 0 Å². The van der Waals surface area contributed by atoms with Crippen LogP contribution in [0.25, 0.3) is 0 Å². The van der Waals surface area contributed by atoms with Crippen LogP contribution in [0.3, 0.4) is 0 Å². The predicted molar refractivity (Wildman–Crippen MR) is 80.8 cm³/mol. The van der Waals surface area contributed by atoms with Crippen LogP contribution in [0.15, 0.2) is 30.3 Å². The standard InChI is InChI=1S/C17H24O4/c1-5-20-16(13-10-8-7-9-11-13)15(18)14(12(3)4)17(19)21-6-2/h7-12,14,16H,5-6H2,1-4H3. The third-order valence-corrected chi connectivity index (χ3v) is 3.21. The van der Waals surface area contributed by atoms with E-state index in [9.17, 15) is 9.59 Å². The molecule has 0 fully saturated rings. The first-order valence-electron chi connectivity index (χ1n) is 7.39. The lowest BCUT2D eigenvalue weighted by Crippen LogP contribution is -2.35. The number of ketones is 1. The maximum atomic E-state index is 12.8. The van der Waals surface area contributed by atoms with Crippen LogP contribution in [0.1, 0.15) is 39.4 Å². The molecule has 0 N–H and O–H groups in total. The molecule has 2 unspecified atom stereocenters. The van der Waals surface area contributed by atoms with Gasteiger partial charge in [0.1, 0.15) is 12.0 Å². The number of hydrogen-bond donors (Lipinski definition) is 0. The van der Waals surface area contributed by atoms with E-state index in [0.717, 1.165) is 5.56 Å². The minimum Gasteiger partial charge on any atom is -0.465 e. The van der Waals surface area contributed by atoms with Crippen LogP contribution in [-0.4, -0.2) is 25.0 Å². The van der Waals surface area contributed by atoms with Crippen molar-refractivity contribution >= 4 is 11.8 Å². The van der Waals surface area contributed by atoms with Gasteiger partial charge in [0.15, 0.2) is 5.78 Å². The average Bonchev–Trinajstić information content (AvgIpc) is 2.45. The minimum atomic E-state index is -0.804. The van der Waals surface area contributed by atoms with Gasteiger partial charge < -0.3 is 9.47 Å². The molecule has 0 heterocycles. The fraction of sp³-hybridized carbons (Fsp3) is 0.529. The van der Waals surface area contributed by atoms with Crippen molar-refractivity contribution in [3.05, 3.63) is 35.9 Å². The first-order chi connectivity index (χ1) is 10.0. The highest BCUT2D eigenvalue weighted by atomic mass is 16.5. The van der Waals surface area contributed by atoms with Crippen molar-refractivity contribution in [1.29, 1.82) is 0 Å². The maximum Gasteiger partial charge on any atom is 0.316 e. The van der Waals surface area contributed by atoms with Crippen LogP contribution in [0.2, 0.25) is 0 Å². The highest BCUT2D eigenvalue weighted by molar-refractivity contribution is 6.01. The van der Waals surface area contributed by atoms with E-state index in [4.69, 9.17) is 9.47 Å². The zero-order chi connectivity index (χ0) is 15.8. The van der Waals surface area contributed by atoms with Gasteiger partial charge in [0.05, 0.1) is 6.61 Å². The molecule has 0 aliphatic rings. The smallest absolute Gasteiger partial charge is 0.316 e. The lowest BCUT2D eigenvalue weighted by atomic mass is 9.86. The molecular weight excluding hydrogens is 268 g/mol. The molecule has 116 valence electrons. The molecule has 0 aliphatic heterocycles. The van der Waals surface area contributed by atoms with Gasteiger partial charge >= 0.3 is 5.97 Å². The highest BCUT2D eigenvalue weighted by Crippen LogP contribution is 2.26. The molecular formula is C17H24O4. The van der Waals surface area contributed by atoms with E-state index < -0.39 is 18.0 Å². The summed E-state index contributed by atoms with van der Waals surface area (Å²) in [5.41, 5.74) is 0.763. The lowest BCUT2D eigenvalue weighted by molar-refractivity contribution is -0.157. The summed E-state index contributed by atoms with van der Waals surface area (Å²) in [6, 6.07) is 9.25. The number of carbonyl (C=O) groups excluding carboxylic acids is 2. The van der Waals surface area contributed by atoms with Crippen LogP contribution in [0.4, 0.5) is 0 Å². The van der Waals surface area contributed by atoms with Gasteiger partial charge in [0.25, 0.3) is 0 Å². The molecule has 0 saturated heterocycles. The summed E-state index contributed by atoms with van der Waals surface area (Å²) >= 11 is 0. The van der Waals surface area contributed by atoms with Crippen LogP contribution < -0.4 is 0 Å². The monoisotopic (exact) mass is 292 g/mol. The van der Waals surface area contributed by atoms with Gasteiger partial charge in [0.2, 0.25) is 0 Å². The Kier molecular flexibility index (Phi) is 7.09. The number of hydrogen-bond acceptors (Lipinski definition) is 4. The third-order valence-electron chi connectivity index (χ3n) is 3.21. The van der Waals surface area contributed by atoms with E-state index >= 15 is 0 Å². The Hall–Kier alpha value is -1.68. The highest BCUT2D eigenvalue weighted by Gasteiger charge is 2.36. The summed E-state index contributed by atoms with van der Waals surface area (Å²) in [6.07, 6.45) is -0.729. The molecule has 0 saturated carbocycles. The Bertz CT molecular complexity index is 453. The molecule has 0 spiro atoms. The molecule has 0 aromatic heterocycles. The molecule has 1 rings (SSSR count). The van der Waals surface area contributed by atoms with Gasteiger partial charge in [-0.3, -0.25) is 9.59 Å². The number of rotatable bonds is 8. The Morgan fingerprint density at radius 1 is 1.05 bits per heavy atom. The summed E-state index contributed by atoms with van der Waals surface area (Å²) in [5.74, 6) is -1.65. The third kappa shape index (κ3) is 4.67. The Balaban J connectivity index is 3.05. The second-order valence-electron chi connectivity index (χ2n) is 5.12. The second-order valence-corrected chi connectivity index (χ2v) is 5.12. The van der Waals surface area contributed by atoms with Crippen molar-refractivity contribution in [2.45, 2.75) is 33.8 Å². The molecule has 1 aromatic rings. The van der Waals surface area contributed by atoms with Crippen molar-refractivity contribution in [1.82, 2.24) is 0 Å². The predicted octanol–water partition coefficient (Wildman–Crippen LogP) is 3.17. The Labute approximate surface area is 126 Å². The van der Waals surface area contributed by atoms with E-state index in [-0.39, 0.29) is 18.3 Å². The number of ether oxygens (including phenoxy) is 2. The molecule has 4 nitrogen and oxygen atoms in total. The fourth-order valence-electron chi connectivity index (χ4n) is 2.25. The lowest BCUT2D eigenvalue weighted by Gasteiger charge is -2.24. The van der Waals surface area contributed by atoms with Crippen molar-refractivity contribution in [2.75, 3.05) is 13.2 Å². The molecule has 1 aromatic carbocycles. The molecule has 2 atom stereocenters. The summed E-state index contributed by atoms with van der Waals surface area (Å²) in [5, 5.41) is 0. The van der Waals surface area contributed by atoms with Gasteiger partial charge in [-0.2, -0.15) is 0 Å². The molecule has 0 radical (unpaired) electrons. The first-order valence-corrected chi connectivity index (χ1v) is 7.39. The van der Waals surface area contributed by atoms with Gasteiger partial charge in [0, 0.05) is 6.61 Å². The van der Waals surface area contributed by atoms with Crippen molar-refractivity contribution < 1.29 is 19.1 Å². The van der Waals surface area contributed by atoms with Crippen LogP contribution >= 0.6 is 0 Å². The largest absolute Gasteiger partial charge is 0.465 e. The molecule has 21 heavy (non-hydrogen) atoms. The summed E-state index contributed by atoms with van der Waals surface area (Å²) < 4.78 is 10.6. The normalized spacial score (nSPS) is 13.8. The van der Waals surface area contributed by atoms with E-state index in [1.54, 1.807) is 6.92 Å². The van der Waals surface area contributed by atoms with E-state index in [1.807, 2.05) is 51.1 Å². The number of carbonyl (C=O) groups is 2. The van der Waals surface area contributed by atoms with Crippen LogP contribution in [0, 0.1) is 11.8 Å². The van der Waals surface area contributed by atoms with Crippen molar-refractivity contribution in [2.24, 2.45) is 11.8 Å². The quantitative estimate of drug-likeness (QED) is 0.545. The van der Waals surface area contributed by atoms with Crippen LogP contribution in [-0.2, 0) is 19.1 Å². The van der Waals surface area contributed by atoms with E-state index in [2.05, 4.69) is 0 Å². The second kappa shape index (κ2) is 8.57. The van der Waals surface area contributed by atoms with E-state index in [0.29, 0.717) is 6.61 Å². The number of Topliss-reactive ketones (excluding diaryl/α,β-unsaturated/α-hetero) is 1. The molecule has 0 bridgehead atoms. The zero-order valence-electron chi connectivity index (χ0n) is 13.2. The number of benzene rings is 1. The summed E-state index contributed by atoms with van der Waals surface area (Å²) in [4.78, 5) is 24.8. The zero-order valence-corrected chi connectivity index (χ0v) is 13.2. The summed E-state index contributed by atoms with van der Waals surface area (Å²) in [6.45, 7) is 7.91. The minimum absolute atomic E-state index is 0.136. The van der Waals surface area contributed by atoms with E-state index in [1.165, 1.54) is 0 Å². The summed E-state index contributed by atoms with van der Waals surface area (Å²) in [7, 11) is 0. The molecule has 0 amide bonds. The SMILES string of the molecule is CCOC(=O)C(C(=O)C(OCC)c1ccccc1)C(C)C. The number of esters is 1. The Morgan fingerprint density at radius 2 is 1.67 bits per heavy atom. The van der Waals surface area contributed by atoms with Crippen molar-refractivity contribution in [3.8, 4) is 0 Å². The average molecular weight is 292 g/mol. The topological polar surface area (TPSA) is 52.6 Å². The van der Waals surface area contributed by atoms with Gasteiger partial charge in [-0.25, -0.2) is 0 Å². The van der Waals surface area contributed by atoms with Gasteiger partial charge in [-0.1, -0.05) is 44.2 Å².